The summed E-state index contributed by atoms with van der Waals surface area (Å²) in [6.07, 6.45) is 0. The van der Waals surface area contributed by atoms with Crippen LogP contribution in [0.25, 0.3) is 0 Å². The van der Waals surface area contributed by atoms with E-state index in [9.17, 15) is 14.7 Å². The van der Waals surface area contributed by atoms with Crippen LogP contribution in [0.5, 0.6) is 11.5 Å². The first kappa shape index (κ1) is 18.8. The van der Waals surface area contributed by atoms with Crippen LogP contribution in [-0.4, -0.2) is 36.9 Å². The van der Waals surface area contributed by atoms with Gasteiger partial charge in [0.1, 0.15) is 5.60 Å². The predicted octanol–water partition coefficient (Wildman–Crippen LogP) is 1.75. The Bertz CT molecular complexity index is 578. The number of methoxy groups -OCH3 is 2. The molecule has 1 aromatic rings. The molecular weight excluding hydrogens is 302 g/mol. The number of carboxylic acids is 1. The number of rotatable bonds is 6. The molecule has 1 rings (SSSR count). The number of para-hydroxylation sites is 1. The molecule has 0 bridgehead atoms. The van der Waals surface area contributed by atoms with Crippen LogP contribution in [0.3, 0.4) is 0 Å². The standard InChI is InChI=1S/C16H23NO6/c1-16(2,3)23-15(20)11(14(18)19)12(17)9-7-6-8-10(21-4)13(9)22-5/h6-8,11-12H,17H2,1-5H3,(H,18,19). The number of esters is 1. The Morgan fingerprint density at radius 1 is 1.17 bits per heavy atom. The van der Waals surface area contributed by atoms with E-state index in [4.69, 9.17) is 19.9 Å². The van der Waals surface area contributed by atoms with E-state index in [-0.39, 0.29) is 5.75 Å². The zero-order valence-electron chi connectivity index (χ0n) is 14.0. The molecule has 0 amide bonds. The van der Waals surface area contributed by atoms with Crippen LogP contribution in [0.2, 0.25) is 0 Å². The largest absolute Gasteiger partial charge is 0.493 e. The van der Waals surface area contributed by atoms with Crippen LogP contribution < -0.4 is 15.2 Å². The maximum absolute atomic E-state index is 12.2. The van der Waals surface area contributed by atoms with Crippen molar-refractivity contribution in [3.05, 3.63) is 23.8 Å². The van der Waals surface area contributed by atoms with Gasteiger partial charge in [-0.15, -0.1) is 0 Å². The van der Waals surface area contributed by atoms with Crippen LogP contribution in [0.1, 0.15) is 32.4 Å². The van der Waals surface area contributed by atoms with Crippen molar-refractivity contribution in [2.45, 2.75) is 32.4 Å². The lowest BCUT2D eigenvalue weighted by Gasteiger charge is -2.26. The molecule has 0 aromatic heterocycles. The second kappa shape index (κ2) is 7.32. The molecule has 0 aliphatic rings. The molecule has 0 spiro atoms. The number of hydrogen-bond acceptors (Lipinski definition) is 6. The highest BCUT2D eigenvalue weighted by Crippen LogP contribution is 2.36. The first-order valence-corrected chi connectivity index (χ1v) is 7.04. The Labute approximate surface area is 135 Å². The number of benzene rings is 1. The van der Waals surface area contributed by atoms with Gasteiger partial charge in [0, 0.05) is 5.56 Å². The minimum absolute atomic E-state index is 0.289. The molecule has 0 saturated carbocycles. The minimum atomic E-state index is -1.56. The lowest BCUT2D eigenvalue weighted by molar-refractivity contribution is -0.167. The zero-order chi connectivity index (χ0) is 17.8. The Balaban J connectivity index is 3.24. The number of carboxylic acid groups (broad SMARTS) is 1. The van der Waals surface area contributed by atoms with Crippen LogP contribution in [0, 0.1) is 5.92 Å². The number of aliphatic carboxylic acids is 1. The lowest BCUT2D eigenvalue weighted by atomic mass is 9.92. The zero-order valence-corrected chi connectivity index (χ0v) is 14.0. The molecule has 0 aliphatic carbocycles. The molecule has 0 radical (unpaired) electrons. The molecule has 0 aliphatic heterocycles. The predicted molar refractivity (Wildman–Crippen MR) is 83.4 cm³/mol. The summed E-state index contributed by atoms with van der Waals surface area (Å²) in [6.45, 7) is 4.96. The third-order valence-corrected chi connectivity index (χ3v) is 3.08. The molecule has 3 N–H and O–H groups in total. The van der Waals surface area contributed by atoms with Crippen molar-refractivity contribution in [3.63, 3.8) is 0 Å². The molecule has 7 heteroatoms. The highest BCUT2D eigenvalue weighted by Gasteiger charge is 2.38. The van der Waals surface area contributed by atoms with Crippen LogP contribution in [-0.2, 0) is 14.3 Å². The first-order valence-electron chi connectivity index (χ1n) is 7.04. The summed E-state index contributed by atoms with van der Waals surface area (Å²) in [5.74, 6) is -3.14. The van der Waals surface area contributed by atoms with Gasteiger partial charge in [0.15, 0.2) is 17.4 Å². The van der Waals surface area contributed by atoms with E-state index >= 15 is 0 Å². The summed E-state index contributed by atoms with van der Waals surface area (Å²) < 4.78 is 15.6. The van der Waals surface area contributed by atoms with Crippen molar-refractivity contribution in [2.75, 3.05) is 14.2 Å². The molecule has 1 aromatic carbocycles. The fourth-order valence-electron chi connectivity index (χ4n) is 2.12. The number of carbonyl (C=O) groups excluding carboxylic acids is 1. The Morgan fingerprint density at radius 2 is 1.78 bits per heavy atom. The third-order valence-electron chi connectivity index (χ3n) is 3.08. The molecule has 128 valence electrons. The van der Waals surface area contributed by atoms with Gasteiger partial charge >= 0.3 is 11.9 Å². The summed E-state index contributed by atoms with van der Waals surface area (Å²) in [7, 11) is 2.87. The van der Waals surface area contributed by atoms with Gasteiger partial charge in [0.05, 0.1) is 20.3 Å². The van der Waals surface area contributed by atoms with E-state index in [1.807, 2.05) is 0 Å². The van der Waals surface area contributed by atoms with Crippen LogP contribution in [0.15, 0.2) is 18.2 Å². The summed E-state index contributed by atoms with van der Waals surface area (Å²) >= 11 is 0. The maximum Gasteiger partial charge on any atom is 0.322 e. The van der Waals surface area contributed by atoms with Crippen molar-refractivity contribution in [1.82, 2.24) is 0 Å². The third kappa shape index (κ3) is 4.59. The van der Waals surface area contributed by atoms with E-state index < -0.39 is 29.5 Å². The highest BCUT2D eigenvalue weighted by atomic mass is 16.6. The SMILES string of the molecule is COc1cccc(C(N)C(C(=O)O)C(=O)OC(C)(C)C)c1OC. The molecule has 7 nitrogen and oxygen atoms in total. The van der Waals surface area contributed by atoms with Crippen molar-refractivity contribution >= 4 is 11.9 Å². The summed E-state index contributed by atoms with van der Waals surface area (Å²) in [5.41, 5.74) is 5.58. The number of hydrogen-bond donors (Lipinski definition) is 2. The molecule has 0 saturated heterocycles. The van der Waals surface area contributed by atoms with Crippen molar-refractivity contribution in [1.29, 1.82) is 0 Å². The van der Waals surface area contributed by atoms with Crippen molar-refractivity contribution < 1.29 is 28.9 Å². The molecule has 2 unspecified atom stereocenters. The number of nitrogens with two attached hydrogens (primary N) is 1. The first-order chi connectivity index (χ1) is 10.6. The molecule has 2 atom stereocenters. The van der Waals surface area contributed by atoms with Crippen molar-refractivity contribution in [3.8, 4) is 11.5 Å². The Kier molecular flexibility index (Phi) is 5.98. The molecule has 23 heavy (non-hydrogen) atoms. The summed E-state index contributed by atoms with van der Waals surface area (Å²) in [4.78, 5) is 23.8. The van der Waals surface area contributed by atoms with Gasteiger partial charge in [0.25, 0.3) is 0 Å². The monoisotopic (exact) mass is 325 g/mol. The highest BCUT2D eigenvalue weighted by molar-refractivity contribution is 5.95. The lowest BCUT2D eigenvalue weighted by Crippen LogP contribution is -2.39. The van der Waals surface area contributed by atoms with Crippen molar-refractivity contribution in [2.24, 2.45) is 11.7 Å². The minimum Gasteiger partial charge on any atom is -0.493 e. The normalized spacial score (nSPS) is 13.8. The topological polar surface area (TPSA) is 108 Å². The van der Waals surface area contributed by atoms with Gasteiger partial charge < -0.3 is 25.1 Å². The number of carbonyl (C=O) groups is 2. The fraction of sp³-hybridized carbons (Fsp3) is 0.500. The second-order valence-corrected chi connectivity index (χ2v) is 5.96. The Morgan fingerprint density at radius 3 is 2.22 bits per heavy atom. The van der Waals surface area contributed by atoms with Crippen LogP contribution in [0.4, 0.5) is 0 Å². The van der Waals surface area contributed by atoms with Gasteiger partial charge in [-0.25, -0.2) is 0 Å². The maximum atomic E-state index is 12.2. The van der Waals surface area contributed by atoms with E-state index in [1.165, 1.54) is 14.2 Å². The van der Waals surface area contributed by atoms with E-state index in [0.29, 0.717) is 11.3 Å². The smallest absolute Gasteiger partial charge is 0.322 e. The van der Waals surface area contributed by atoms with Crippen LogP contribution >= 0.6 is 0 Å². The summed E-state index contributed by atoms with van der Waals surface area (Å²) in [6, 6.07) is 3.74. The van der Waals surface area contributed by atoms with Gasteiger partial charge in [-0.3, -0.25) is 9.59 Å². The molecular formula is C16H23NO6. The van der Waals surface area contributed by atoms with Gasteiger partial charge in [-0.05, 0) is 26.8 Å². The molecule has 0 fully saturated rings. The summed E-state index contributed by atoms with van der Waals surface area (Å²) in [5, 5.41) is 9.41. The average molecular weight is 325 g/mol. The second-order valence-electron chi connectivity index (χ2n) is 5.96. The van der Waals surface area contributed by atoms with E-state index in [1.54, 1.807) is 39.0 Å². The average Bonchev–Trinajstić information content (AvgIpc) is 2.43. The van der Waals surface area contributed by atoms with Gasteiger partial charge in [0.2, 0.25) is 0 Å². The fourth-order valence-corrected chi connectivity index (χ4v) is 2.12. The Hall–Kier alpha value is -2.28. The number of ether oxygens (including phenoxy) is 3. The quantitative estimate of drug-likeness (QED) is 0.606. The van der Waals surface area contributed by atoms with E-state index in [2.05, 4.69) is 0 Å². The van der Waals surface area contributed by atoms with Gasteiger partial charge in [-0.1, -0.05) is 12.1 Å². The van der Waals surface area contributed by atoms with E-state index in [0.717, 1.165) is 0 Å². The van der Waals surface area contributed by atoms with Gasteiger partial charge in [-0.2, -0.15) is 0 Å². The molecule has 0 heterocycles.